The molecule has 1 heterocycles. The second kappa shape index (κ2) is 2.01. The Morgan fingerprint density at radius 3 is 2.75 bits per heavy atom. The third kappa shape index (κ3) is 0.992. The predicted molar refractivity (Wildman–Crippen MR) is 27.1 cm³/mol. The van der Waals surface area contributed by atoms with Crippen LogP contribution in [-0.2, 0) is 9.47 Å². The molecule has 0 spiro atoms. The maximum atomic E-state index is 9.06. The summed E-state index contributed by atoms with van der Waals surface area (Å²) >= 11 is 0. The fourth-order valence-electron chi connectivity index (χ4n) is 0.760. The average molecular weight is 118 g/mol. The molecule has 1 saturated heterocycles. The molecule has 0 radical (unpaired) electrons. The zero-order chi connectivity index (χ0) is 6.04. The van der Waals surface area contributed by atoms with Gasteiger partial charge in [-0.2, -0.15) is 0 Å². The van der Waals surface area contributed by atoms with Crippen LogP contribution in [0.1, 0.15) is 12.8 Å². The lowest BCUT2D eigenvalue weighted by atomic mass is 10.3. The van der Waals surface area contributed by atoms with E-state index in [4.69, 9.17) is 9.84 Å². The molecule has 0 aromatic rings. The Labute approximate surface area is 48.2 Å². The van der Waals surface area contributed by atoms with Gasteiger partial charge in [-0.05, 0) is 6.42 Å². The van der Waals surface area contributed by atoms with Gasteiger partial charge >= 0.3 is 0 Å². The van der Waals surface area contributed by atoms with Gasteiger partial charge in [-0.1, -0.05) is 0 Å². The van der Waals surface area contributed by atoms with Gasteiger partial charge < -0.3 is 14.6 Å². The smallest absolute Gasteiger partial charge is 0.280 e. The third-order valence-corrected chi connectivity index (χ3v) is 1.28. The van der Waals surface area contributed by atoms with Crippen LogP contribution < -0.4 is 0 Å². The number of rotatable bonds is 1. The lowest BCUT2D eigenvalue weighted by Gasteiger charge is -2.17. The van der Waals surface area contributed by atoms with E-state index in [1.165, 1.54) is 7.11 Å². The summed E-state index contributed by atoms with van der Waals surface area (Å²) < 4.78 is 9.45. The molecular weight excluding hydrogens is 108 g/mol. The second-order valence-corrected chi connectivity index (χ2v) is 1.87. The SMILES string of the molecule is CO[C@]1(O)CCCO1. The van der Waals surface area contributed by atoms with Crippen LogP contribution in [0.5, 0.6) is 0 Å². The van der Waals surface area contributed by atoms with E-state index in [0.29, 0.717) is 13.0 Å². The van der Waals surface area contributed by atoms with Crippen molar-refractivity contribution in [2.24, 2.45) is 0 Å². The highest BCUT2D eigenvalue weighted by Crippen LogP contribution is 2.22. The Morgan fingerprint density at radius 2 is 2.50 bits per heavy atom. The number of ether oxygens (including phenoxy) is 2. The molecule has 0 aliphatic carbocycles. The molecule has 0 amide bonds. The summed E-state index contributed by atoms with van der Waals surface area (Å²) in [6.45, 7) is 0.602. The maximum Gasteiger partial charge on any atom is 0.280 e. The molecule has 0 aromatic carbocycles. The number of hydrogen-bond donors (Lipinski definition) is 1. The Morgan fingerprint density at radius 1 is 1.75 bits per heavy atom. The lowest BCUT2D eigenvalue weighted by molar-refractivity contribution is -0.327. The summed E-state index contributed by atoms with van der Waals surface area (Å²) in [5, 5.41) is 9.06. The Bertz CT molecular complexity index is 75.7. The second-order valence-electron chi connectivity index (χ2n) is 1.87. The number of hydrogen-bond acceptors (Lipinski definition) is 3. The van der Waals surface area contributed by atoms with Crippen molar-refractivity contribution in [1.82, 2.24) is 0 Å². The quantitative estimate of drug-likeness (QED) is 0.496. The first-order chi connectivity index (χ1) is 3.77. The standard InChI is InChI=1S/C5H10O3/c1-7-5(6)3-2-4-8-5/h6H,2-4H2,1H3/t5-/m1/s1. The first-order valence-corrected chi connectivity index (χ1v) is 2.68. The van der Waals surface area contributed by atoms with Gasteiger partial charge in [-0.3, -0.25) is 0 Å². The topological polar surface area (TPSA) is 38.7 Å². The van der Waals surface area contributed by atoms with Crippen LogP contribution >= 0.6 is 0 Å². The van der Waals surface area contributed by atoms with E-state index >= 15 is 0 Å². The minimum Gasteiger partial charge on any atom is -0.343 e. The van der Waals surface area contributed by atoms with Crippen LogP contribution in [0.4, 0.5) is 0 Å². The van der Waals surface area contributed by atoms with Gasteiger partial charge in [0.2, 0.25) is 0 Å². The van der Waals surface area contributed by atoms with E-state index in [0.717, 1.165) is 6.42 Å². The van der Waals surface area contributed by atoms with Gasteiger partial charge in [0, 0.05) is 13.5 Å². The molecule has 0 bridgehead atoms. The van der Waals surface area contributed by atoms with Crippen molar-refractivity contribution in [3.8, 4) is 0 Å². The first-order valence-electron chi connectivity index (χ1n) is 2.68. The summed E-state index contributed by atoms with van der Waals surface area (Å²) in [6, 6.07) is 0. The molecule has 1 N–H and O–H groups in total. The van der Waals surface area contributed by atoms with Crippen LogP contribution in [0.15, 0.2) is 0 Å². The molecule has 0 saturated carbocycles. The molecule has 3 heteroatoms. The summed E-state index contributed by atoms with van der Waals surface area (Å²) in [5.74, 6) is -1.26. The number of methoxy groups -OCH3 is 1. The normalized spacial score (nSPS) is 38.2. The van der Waals surface area contributed by atoms with E-state index in [1.54, 1.807) is 0 Å². The van der Waals surface area contributed by atoms with E-state index in [9.17, 15) is 0 Å². The molecule has 1 rings (SSSR count). The molecular formula is C5H10O3. The van der Waals surface area contributed by atoms with E-state index < -0.39 is 5.97 Å². The molecule has 1 aliphatic rings. The van der Waals surface area contributed by atoms with Gasteiger partial charge in [0.1, 0.15) is 0 Å². The minimum absolute atomic E-state index is 0.587. The molecule has 3 nitrogen and oxygen atoms in total. The highest BCUT2D eigenvalue weighted by molar-refractivity contribution is 4.60. The Kier molecular flexibility index (Phi) is 1.51. The Balaban J connectivity index is 2.40. The van der Waals surface area contributed by atoms with Gasteiger partial charge in [-0.15, -0.1) is 0 Å². The highest BCUT2D eigenvalue weighted by atomic mass is 16.8. The largest absolute Gasteiger partial charge is 0.343 e. The van der Waals surface area contributed by atoms with Gasteiger partial charge in [0.05, 0.1) is 6.61 Å². The van der Waals surface area contributed by atoms with Gasteiger partial charge in [0.15, 0.2) is 0 Å². The summed E-state index contributed by atoms with van der Waals surface area (Å²) in [6.07, 6.45) is 1.47. The monoisotopic (exact) mass is 118 g/mol. The van der Waals surface area contributed by atoms with Crippen LogP contribution in [0.25, 0.3) is 0 Å². The van der Waals surface area contributed by atoms with Crippen LogP contribution in [0, 0.1) is 0 Å². The average Bonchev–Trinajstić information content (AvgIpc) is 2.17. The van der Waals surface area contributed by atoms with Crippen LogP contribution in [-0.4, -0.2) is 24.8 Å². The maximum absolute atomic E-state index is 9.06. The molecule has 0 unspecified atom stereocenters. The molecule has 1 fully saturated rings. The summed E-state index contributed by atoms with van der Waals surface area (Å²) in [5.41, 5.74) is 0. The summed E-state index contributed by atoms with van der Waals surface area (Å²) in [7, 11) is 1.44. The zero-order valence-electron chi connectivity index (χ0n) is 4.89. The van der Waals surface area contributed by atoms with E-state index in [1.807, 2.05) is 0 Å². The molecule has 1 atom stereocenters. The molecule has 0 aromatic heterocycles. The fourth-order valence-corrected chi connectivity index (χ4v) is 0.760. The van der Waals surface area contributed by atoms with Crippen LogP contribution in [0.2, 0.25) is 0 Å². The third-order valence-electron chi connectivity index (χ3n) is 1.28. The Hall–Kier alpha value is -0.120. The molecule has 1 aliphatic heterocycles. The van der Waals surface area contributed by atoms with Crippen molar-refractivity contribution in [1.29, 1.82) is 0 Å². The van der Waals surface area contributed by atoms with Crippen molar-refractivity contribution in [2.75, 3.05) is 13.7 Å². The predicted octanol–water partition coefficient (Wildman–Crippen LogP) is 0.0893. The fraction of sp³-hybridized carbons (Fsp3) is 1.00. The van der Waals surface area contributed by atoms with Gasteiger partial charge in [-0.25, -0.2) is 0 Å². The van der Waals surface area contributed by atoms with Crippen molar-refractivity contribution in [3.05, 3.63) is 0 Å². The van der Waals surface area contributed by atoms with Crippen LogP contribution in [0.3, 0.4) is 0 Å². The highest BCUT2D eigenvalue weighted by Gasteiger charge is 2.31. The molecule has 8 heavy (non-hydrogen) atoms. The van der Waals surface area contributed by atoms with Crippen molar-refractivity contribution < 1.29 is 14.6 Å². The van der Waals surface area contributed by atoms with E-state index in [2.05, 4.69) is 4.74 Å². The summed E-state index contributed by atoms with van der Waals surface area (Å²) in [4.78, 5) is 0. The molecule has 48 valence electrons. The minimum atomic E-state index is -1.26. The van der Waals surface area contributed by atoms with Crippen molar-refractivity contribution in [3.63, 3.8) is 0 Å². The lowest BCUT2D eigenvalue weighted by Crippen LogP contribution is -2.28. The van der Waals surface area contributed by atoms with Gasteiger partial charge in [0.25, 0.3) is 5.97 Å². The number of aliphatic hydroxyl groups is 1. The zero-order valence-corrected chi connectivity index (χ0v) is 4.89. The van der Waals surface area contributed by atoms with Crippen molar-refractivity contribution >= 4 is 0 Å². The first kappa shape index (κ1) is 6.01. The van der Waals surface area contributed by atoms with E-state index in [-0.39, 0.29) is 0 Å². The van der Waals surface area contributed by atoms with Crippen molar-refractivity contribution in [2.45, 2.75) is 18.8 Å².